The van der Waals surface area contributed by atoms with Gasteiger partial charge in [-0.3, -0.25) is 0 Å². The number of halogens is 1. The van der Waals surface area contributed by atoms with E-state index in [2.05, 4.69) is 402 Å². The second kappa shape index (κ2) is 26.1. The van der Waals surface area contributed by atoms with E-state index in [1.165, 1.54) is 157 Å². The quantitative estimate of drug-likeness (QED) is 0.171. The second-order valence-corrected chi connectivity index (χ2v) is 32.8. The van der Waals surface area contributed by atoms with Crippen LogP contribution in [0.1, 0.15) is 94.5 Å². The number of nitrogens with one attached hydrogen (secondary N) is 1. The van der Waals surface area contributed by atoms with Gasteiger partial charge in [0.2, 0.25) is 0 Å². The number of hydrogen-bond acceptors (Lipinski definition) is 4. The molecule has 0 saturated heterocycles. The first-order chi connectivity index (χ1) is 53.5. The topological polar surface area (TPSA) is 15.3 Å². The van der Waals surface area contributed by atoms with Gasteiger partial charge in [0.15, 0.2) is 0 Å². The van der Waals surface area contributed by atoms with Crippen LogP contribution in [0.15, 0.2) is 376 Å². The van der Waals surface area contributed by atoms with Crippen LogP contribution in [0.3, 0.4) is 0 Å². The van der Waals surface area contributed by atoms with Crippen LogP contribution in [-0.2, 0) is 21.7 Å². The van der Waals surface area contributed by atoms with Crippen molar-refractivity contribution >= 4 is 103 Å². The largest absolute Gasteiger partial charge is 0.354 e. The molecule has 0 radical (unpaired) electrons. The molecule has 4 aliphatic rings. The van der Waals surface area contributed by atoms with Gasteiger partial charge in [-0.1, -0.05) is 343 Å². The van der Waals surface area contributed by atoms with Gasteiger partial charge in [-0.15, -0.1) is 22.7 Å². The second-order valence-electron chi connectivity index (χ2n) is 30.3. The molecule has 4 aliphatic carbocycles. The maximum absolute atomic E-state index is 6.58. The number of rotatable bonds is 7. The predicted molar refractivity (Wildman–Crippen MR) is 464 cm³/mol. The molecular weight excluding hydrogens is 1380 g/mol. The molecule has 2 nitrogen and oxygen atoms in total. The van der Waals surface area contributed by atoms with Crippen molar-refractivity contribution in [3.63, 3.8) is 0 Å². The lowest BCUT2D eigenvalue weighted by Gasteiger charge is -2.46. The van der Waals surface area contributed by atoms with E-state index in [0.717, 1.165) is 27.8 Å². The molecule has 0 saturated carbocycles. The van der Waals surface area contributed by atoms with E-state index in [4.69, 9.17) is 11.6 Å². The molecule has 5 heteroatoms. The minimum Gasteiger partial charge on any atom is -0.354 e. The Morgan fingerprint density at radius 1 is 0.266 bits per heavy atom. The zero-order chi connectivity index (χ0) is 73.2. The van der Waals surface area contributed by atoms with E-state index in [0.29, 0.717) is 0 Å². The molecule has 0 fully saturated rings. The van der Waals surface area contributed by atoms with Crippen LogP contribution in [0.5, 0.6) is 0 Å². The molecule has 1 N–H and O–H groups in total. The lowest BCUT2D eigenvalue weighted by atomic mass is 9.55. The maximum atomic E-state index is 6.58. The summed E-state index contributed by atoms with van der Waals surface area (Å²) in [6, 6.07) is 138. The first-order valence-corrected chi connectivity index (χ1v) is 39.7. The molecule has 22 rings (SSSR count). The number of thiophene rings is 2. The van der Waals surface area contributed by atoms with Crippen LogP contribution in [0.2, 0.25) is 5.02 Å². The summed E-state index contributed by atoms with van der Waals surface area (Å²) in [4.78, 5) is 2.49. The van der Waals surface area contributed by atoms with Crippen LogP contribution < -0.4 is 10.2 Å². The number of benzene rings is 16. The Hall–Kier alpha value is -12.2. The van der Waals surface area contributed by atoms with Gasteiger partial charge in [0.1, 0.15) is 0 Å². The van der Waals surface area contributed by atoms with Crippen molar-refractivity contribution in [2.24, 2.45) is 0 Å². The van der Waals surface area contributed by atoms with Crippen molar-refractivity contribution in [2.45, 2.75) is 49.4 Å². The van der Waals surface area contributed by atoms with Crippen molar-refractivity contribution in [3.05, 3.63) is 448 Å². The molecule has 2 heterocycles. The minimum atomic E-state index is -0.461. The first-order valence-electron chi connectivity index (χ1n) is 37.7. The van der Waals surface area contributed by atoms with Crippen molar-refractivity contribution in [2.75, 3.05) is 10.2 Å². The highest BCUT2D eigenvalue weighted by Crippen LogP contribution is 2.65. The smallest absolute Gasteiger partial charge is 0.0720 e. The summed E-state index contributed by atoms with van der Waals surface area (Å²) in [6.07, 6.45) is 0. The molecule has 0 atom stereocenters. The summed E-state index contributed by atoms with van der Waals surface area (Å²) in [5.74, 6) is 0. The van der Waals surface area contributed by atoms with E-state index < -0.39 is 5.41 Å². The Balaban J connectivity index is 0.000000119. The third-order valence-corrected chi connectivity index (χ3v) is 26.5. The molecule has 0 bridgehead atoms. The van der Waals surface area contributed by atoms with Gasteiger partial charge in [0.05, 0.1) is 31.6 Å². The van der Waals surface area contributed by atoms with Crippen LogP contribution in [0.25, 0.3) is 84.9 Å². The normalized spacial score (nSPS) is 14.2. The van der Waals surface area contributed by atoms with Gasteiger partial charge < -0.3 is 10.2 Å². The van der Waals surface area contributed by atoms with Crippen LogP contribution in [-0.4, -0.2) is 0 Å². The SMILES string of the molecule is CC1(C)c2ccccc2C2(c3ccccc3-c3ccc(Cl)cc32)c2ccccc21.CC1(C)c2ccccc2C2(c3ccccc3-c3ccc(N(c4ccc(-c5ccccc5)cc4)c4cccc5c4sc4ccccc45)cc32)c2ccccc21.c1ccc(-c2ccc(Nc3cccc4c3sc3ccccc34)cc2)cc1. The molecule has 16 aromatic carbocycles. The van der Waals surface area contributed by atoms with E-state index in [9.17, 15) is 0 Å². The standard InChI is InChI=1S/C52H37NS.C28H21Cl.C24H17NS/c1-51(2)43-21-9-11-23-45(43)52(46-24-12-10-22-44(46)51)42-20-8-6-17-38(42)39-32-31-37(33-47(39)52)53(36-29-27-35(28-30-36)34-15-4-3-5-16-34)48-25-14-19-41-40-18-7-13-26-49(40)54-50(41)48;1-27(2)22-11-5-7-13-24(22)28(25-14-8-6-12-23(25)27)21-10-4-3-9-19(21)20-16-15-18(29)17-26(20)28;1-2-7-17(8-3-1)18-13-15-19(16-14-18)25-22-11-6-10-21-20-9-4-5-12-23(20)26-24(21)22/h3-33H,1-2H3;3-17H,1-2H3;1-16,25H. The van der Waals surface area contributed by atoms with Gasteiger partial charge in [-0.2, -0.15) is 0 Å². The van der Waals surface area contributed by atoms with E-state index in [1.807, 2.05) is 34.8 Å². The van der Waals surface area contributed by atoms with Gasteiger partial charge in [-0.25, -0.2) is 0 Å². The summed E-state index contributed by atoms with van der Waals surface area (Å²) in [6.45, 7) is 9.47. The average Bonchev–Trinajstić information content (AvgIpc) is 1.56. The van der Waals surface area contributed by atoms with Crippen molar-refractivity contribution in [3.8, 4) is 44.5 Å². The summed E-state index contributed by atoms with van der Waals surface area (Å²) < 4.78 is 5.23. The van der Waals surface area contributed by atoms with E-state index in [1.54, 1.807) is 0 Å². The zero-order valence-electron chi connectivity index (χ0n) is 60.9. The number of fused-ring (bicyclic) bond motifs is 24. The first kappa shape index (κ1) is 66.3. The minimum absolute atomic E-state index is 0.0608. The summed E-state index contributed by atoms with van der Waals surface area (Å²) in [5.41, 5.74) is 31.3. The fourth-order valence-electron chi connectivity index (χ4n) is 19.0. The number of hydrogen-bond donors (Lipinski definition) is 1. The summed E-state index contributed by atoms with van der Waals surface area (Å²) in [5, 5.41) is 9.63. The summed E-state index contributed by atoms with van der Waals surface area (Å²) >= 11 is 10.3. The number of anilines is 5. The predicted octanol–water partition coefficient (Wildman–Crippen LogP) is 29.0. The Labute approximate surface area is 650 Å². The fourth-order valence-corrected chi connectivity index (χ4v) is 21.5. The van der Waals surface area contributed by atoms with Crippen LogP contribution in [0.4, 0.5) is 28.4 Å². The highest BCUT2D eigenvalue weighted by atomic mass is 35.5. The van der Waals surface area contributed by atoms with Gasteiger partial charge in [0.25, 0.3) is 0 Å². The molecule has 0 unspecified atom stereocenters. The van der Waals surface area contributed by atoms with Crippen molar-refractivity contribution in [1.29, 1.82) is 0 Å². The highest BCUT2D eigenvalue weighted by molar-refractivity contribution is 7.26. The number of nitrogens with zero attached hydrogens (tertiary/aromatic N) is 1. The van der Waals surface area contributed by atoms with Gasteiger partial charge in [-0.05, 0) is 184 Å². The third-order valence-electron chi connectivity index (χ3n) is 23.8. The van der Waals surface area contributed by atoms with Crippen LogP contribution >= 0.6 is 34.3 Å². The highest BCUT2D eigenvalue weighted by Gasteiger charge is 2.55. The van der Waals surface area contributed by atoms with Crippen LogP contribution in [0, 0.1) is 0 Å². The van der Waals surface area contributed by atoms with E-state index in [-0.39, 0.29) is 16.2 Å². The Kier molecular flexibility index (Phi) is 15.9. The lowest BCUT2D eigenvalue weighted by Crippen LogP contribution is -2.40. The van der Waals surface area contributed by atoms with Crippen molar-refractivity contribution in [1.82, 2.24) is 0 Å². The fraction of sp³-hybridized carbons (Fsp3) is 0.0769. The Morgan fingerprint density at radius 3 is 1.13 bits per heavy atom. The molecule has 2 spiro atoms. The molecular formula is C104H75ClN2S2. The van der Waals surface area contributed by atoms with E-state index >= 15 is 0 Å². The van der Waals surface area contributed by atoms with Gasteiger partial charge >= 0.3 is 0 Å². The lowest BCUT2D eigenvalue weighted by molar-refractivity contribution is 0.563. The monoisotopic (exact) mass is 1450 g/mol. The Bertz CT molecular complexity index is 6500. The molecule has 18 aromatic rings. The molecule has 2 aromatic heterocycles. The average molecular weight is 1450 g/mol. The summed E-state index contributed by atoms with van der Waals surface area (Å²) in [7, 11) is 0. The van der Waals surface area contributed by atoms with Gasteiger partial charge in [0, 0.05) is 63.9 Å². The van der Waals surface area contributed by atoms with Crippen molar-refractivity contribution < 1.29 is 0 Å². The third kappa shape index (κ3) is 10.3. The molecule has 0 aliphatic heterocycles. The Morgan fingerprint density at radius 2 is 0.624 bits per heavy atom. The molecule has 109 heavy (non-hydrogen) atoms. The maximum Gasteiger partial charge on any atom is 0.0720 e. The molecule has 0 amide bonds. The molecule has 520 valence electrons. The zero-order valence-corrected chi connectivity index (χ0v) is 63.3.